The molecule has 0 heterocycles. The number of amides is 1. The van der Waals surface area contributed by atoms with Crippen LogP contribution in [-0.4, -0.2) is 68.5 Å². The molecule has 2 N–H and O–H groups in total. The lowest BCUT2D eigenvalue weighted by atomic mass is 10.1. The van der Waals surface area contributed by atoms with E-state index >= 15 is 0 Å². The van der Waals surface area contributed by atoms with Gasteiger partial charge in [-0.15, -0.1) is 0 Å². The van der Waals surface area contributed by atoms with E-state index in [9.17, 15) is 19.4 Å². The number of hydrogen-bond acceptors (Lipinski definition) is 6. The van der Waals surface area contributed by atoms with Crippen LogP contribution >= 0.6 is 7.82 Å². The number of likely N-dealkylation sites (N-methyl/N-ethyl adjacent to an activating group) is 1. The fraction of sp³-hybridized carbons (Fsp3) is 0.744. The monoisotopic (exact) mass is 751 g/mol. The summed E-state index contributed by atoms with van der Waals surface area (Å²) in [6.07, 6.45) is 44.0. The second-order valence-electron chi connectivity index (χ2n) is 15.0. The minimum atomic E-state index is -4.60. The number of carbonyl (C=O) groups is 1. The maximum absolute atomic E-state index is 12.8. The maximum atomic E-state index is 12.8. The molecule has 0 aliphatic carbocycles. The molecule has 3 atom stereocenters. The van der Waals surface area contributed by atoms with Crippen LogP contribution in [0.2, 0.25) is 0 Å². The Bertz CT molecular complexity index is 1030. The van der Waals surface area contributed by atoms with E-state index in [-0.39, 0.29) is 12.5 Å². The van der Waals surface area contributed by atoms with E-state index < -0.39 is 26.6 Å². The van der Waals surface area contributed by atoms with Gasteiger partial charge in [0.15, 0.2) is 0 Å². The number of rotatable bonds is 36. The van der Waals surface area contributed by atoms with Crippen molar-refractivity contribution in [3.05, 3.63) is 60.8 Å². The van der Waals surface area contributed by atoms with Crippen molar-refractivity contribution in [2.45, 2.75) is 167 Å². The highest BCUT2D eigenvalue weighted by Crippen LogP contribution is 2.38. The van der Waals surface area contributed by atoms with Gasteiger partial charge in [0, 0.05) is 6.42 Å². The fourth-order valence-electron chi connectivity index (χ4n) is 5.33. The van der Waals surface area contributed by atoms with E-state index in [1.54, 1.807) is 6.08 Å². The molecule has 8 nitrogen and oxygen atoms in total. The molecule has 0 aromatic rings. The number of nitrogens with one attached hydrogen (secondary N) is 1. The second-order valence-corrected chi connectivity index (χ2v) is 16.4. The molecular weight excluding hydrogens is 671 g/mol. The van der Waals surface area contributed by atoms with E-state index in [1.807, 2.05) is 27.2 Å². The third-order valence-electron chi connectivity index (χ3n) is 8.68. The summed E-state index contributed by atoms with van der Waals surface area (Å²) in [7, 11) is 1.22. The van der Waals surface area contributed by atoms with Crippen molar-refractivity contribution in [3.8, 4) is 0 Å². The van der Waals surface area contributed by atoms with E-state index in [0.29, 0.717) is 17.4 Å². The van der Waals surface area contributed by atoms with E-state index in [4.69, 9.17) is 9.05 Å². The van der Waals surface area contributed by atoms with Gasteiger partial charge in [0.1, 0.15) is 13.2 Å². The van der Waals surface area contributed by atoms with Gasteiger partial charge in [-0.3, -0.25) is 9.36 Å². The molecule has 302 valence electrons. The van der Waals surface area contributed by atoms with Crippen LogP contribution < -0.4 is 10.2 Å². The van der Waals surface area contributed by atoms with Gasteiger partial charge in [0.05, 0.1) is 39.9 Å². The highest BCUT2D eigenvalue weighted by atomic mass is 31.2. The predicted molar refractivity (Wildman–Crippen MR) is 219 cm³/mol. The number of nitrogens with zero attached hydrogens (tertiary/aromatic N) is 1. The molecule has 9 heteroatoms. The van der Waals surface area contributed by atoms with Crippen LogP contribution in [0.25, 0.3) is 0 Å². The van der Waals surface area contributed by atoms with Gasteiger partial charge in [-0.2, -0.15) is 0 Å². The minimum Gasteiger partial charge on any atom is -0.756 e. The van der Waals surface area contributed by atoms with Crippen LogP contribution in [-0.2, 0) is 18.4 Å². The third kappa shape index (κ3) is 36.6. The molecule has 0 aromatic carbocycles. The molecule has 0 aliphatic heterocycles. The largest absolute Gasteiger partial charge is 0.756 e. The van der Waals surface area contributed by atoms with Gasteiger partial charge < -0.3 is 28.8 Å². The van der Waals surface area contributed by atoms with Gasteiger partial charge in [0.2, 0.25) is 5.91 Å². The summed E-state index contributed by atoms with van der Waals surface area (Å²) in [5.41, 5.74) is 0. The third-order valence-corrected chi connectivity index (χ3v) is 9.64. The van der Waals surface area contributed by atoms with Crippen LogP contribution in [0.3, 0.4) is 0 Å². The summed E-state index contributed by atoms with van der Waals surface area (Å²) >= 11 is 0. The molecule has 52 heavy (non-hydrogen) atoms. The Morgan fingerprint density at radius 2 is 1.13 bits per heavy atom. The minimum absolute atomic E-state index is 0.0132. The Morgan fingerprint density at radius 1 is 0.673 bits per heavy atom. The molecule has 3 unspecified atom stereocenters. The number of phosphoric acid groups is 1. The Hall–Kier alpha value is -1.80. The zero-order chi connectivity index (χ0) is 38.6. The smallest absolute Gasteiger partial charge is 0.268 e. The molecule has 0 fully saturated rings. The van der Waals surface area contributed by atoms with Crippen LogP contribution in [0, 0.1) is 0 Å². The predicted octanol–water partition coefficient (Wildman–Crippen LogP) is 10.4. The quantitative estimate of drug-likeness (QED) is 0.0286. The standard InChI is InChI=1S/C43H79N2O6P/c1-6-8-10-12-14-16-18-20-21-22-23-25-27-29-31-33-35-37-43(47)44-41(40-51-52(48,49)50-39-38-45(3,4)5)42(46)36-34-32-30-28-26-24-19-17-15-13-11-9-7-2/h14-17,20-21,26,28,34,36,41-42,46H,6-13,18-19,22-25,27,29-33,35,37-40H2,1-5H3,(H-,44,47,48,49)/b16-14-,17-15+,21-20-,28-26+,36-34+. The molecule has 0 rings (SSSR count). The van der Waals surface area contributed by atoms with Crippen molar-refractivity contribution in [2.75, 3.05) is 40.9 Å². The van der Waals surface area contributed by atoms with E-state index in [1.165, 1.54) is 64.2 Å². The van der Waals surface area contributed by atoms with Gasteiger partial charge in [0.25, 0.3) is 7.82 Å². The average molecular weight is 751 g/mol. The molecule has 0 radical (unpaired) electrons. The van der Waals surface area contributed by atoms with Crippen molar-refractivity contribution in [2.24, 2.45) is 0 Å². The summed E-state index contributed by atoms with van der Waals surface area (Å²) < 4.78 is 23.1. The van der Waals surface area contributed by atoms with Crippen molar-refractivity contribution in [3.63, 3.8) is 0 Å². The molecule has 0 aromatic heterocycles. The first-order valence-electron chi connectivity index (χ1n) is 20.7. The van der Waals surface area contributed by atoms with E-state index in [0.717, 1.165) is 70.6 Å². The van der Waals surface area contributed by atoms with Crippen molar-refractivity contribution >= 4 is 13.7 Å². The number of unbranched alkanes of at least 4 members (excludes halogenated alkanes) is 15. The number of hydrogen-bond donors (Lipinski definition) is 2. The van der Waals surface area contributed by atoms with Crippen LogP contribution in [0.1, 0.15) is 155 Å². The number of phosphoric ester groups is 1. The van der Waals surface area contributed by atoms with Crippen LogP contribution in [0.5, 0.6) is 0 Å². The van der Waals surface area contributed by atoms with Crippen LogP contribution in [0.15, 0.2) is 60.8 Å². The first-order chi connectivity index (χ1) is 25.0. The fourth-order valence-corrected chi connectivity index (χ4v) is 6.05. The molecule has 0 spiro atoms. The zero-order valence-electron chi connectivity index (χ0n) is 34.0. The van der Waals surface area contributed by atoms with Gasteiger partial charge in [-0.1, -0.05) is 132 Å². The normalized spacial score (nSPS) is 15.1. The van der Waals surface area contributed by atoms with Gasteiger partial charge in [-0.05, 0) is 77.0 Å². The Balaban J connectivity index is 4.55. The lowest BCUT2D eigenvalue weighted by Crippen LogP contribution is -2.45. The topological polar surface area (TPSA) is 108 Å². The van der Waals surface area contributed by atoms with Crippen molar-refractivity contribution < 1.29 is 32.9 Å². The Morgan fingerprint density at radius 3 is 1.67 bits per heavy atom. The average Bonchev–Trinajstić information content (AvgIpc) is 3.09. The summed E-state index contributed by atoms with van der Waals surface area (Å²) in [5, 5.41) is 13.7. The number of carbonyl (C=O) groups excluding carboxylic acids is 1. The highest BCUT2D eigenvalue weighted by molar-refractivity contribution is 7.45. The maximum Gasteiger partial charge on any atom is 0.268 e. The lowest BCUT2D eigenvalue weighted by molar-refractivity contribution is -0.870. The summed E-state index contributed by atoms with van der Waals surface area (Å²) in [5.74, 6) is -0.224. The Labute approximate surface area is 320 Å². The first-order valence-corrected chi connectivity index (χ1v) is 22.1. The van der Waals surface area contributed by atoms with Gasteiger partial charge >= 0.3 is 0 Å². The summed E-state index contributed by atoms with van der Waals surface area (Å²) in [6, 6.07) is -0.913. The molecule has 1 amide bonds. The van der Waals surface area contributed by atoms with Gasteiger partial charge in [-0.25, -0.2) is 0 Å². The molecule has 0 saturated heterocycles. The molecular formula is C43H79N2O6P. The highest BCUT2D eigenvalue weighted by Gasteiger charge is 2.23. The number of allylic oxidation sites excluding steroid dienone is 9. The molecule has 0 bridgehead atoms. The SMILES string of the molecule is CCCCC/C=C\C/C=C\CCCCCCCCCC(=O)NC(COP(=O)([O-])OCC[N+](C)(C)C)C(O)/C=C/CC/C=C/CC/C=C/CCCCC. The Kier molecular flexibility index (Phi) is 33.7. The first kappa shape index (κ1) is 50.2. The molecule has 0 saturated carbocycles. The number of quaternary nitrogens is 1. The van der Waals surface area contributed by atoms with E-state index in [2.05, 4.69) is 67.8 Å². The lowest BCUT2D eigenvalue weighted by Gasteiger charge is -2.29. The second kappa shape index (κ2) is 34.9. The summed E-state index contributed by atoms with van der Waals surface area (Å²) in [4.78, 5) is 25.2. The number of aliphatic hydroxyl groups is 1. The zero-order valence-corrected chi connectivity index (χ0v) is 34.9. The summed E-state index contributed by atoms with van der Waals surface area (Å²) in [6.45, 7) is 4.52. The molecule has 0 aliphatic rings. The van der Waals surface area contributed by atoms with Crippen LogP contribution in [0.4, 0.5) is 0 Å². The van der Waals surface area contributed by atoms with Crippen molar-refractivity contribution in [1.29, 1.82) is 0 Å². The van der Waals surface area contributed by atoms with Crippen molar-refractivity contribution in [1.82, 2.24) is 5.32 Å². The number of aliphatic hydroxyl groups excluding tert-OH is 1.